The summed E-state index contributed by atoms with van der Waals surface area (Å²) in [4.78, 5) is 7.19. The zero-order chi connectivity index (χ0) is 34.2. The van der Waals surface area contributed by atoms with Crippen molar-refractivity contribution in [1.29, 1.82) is 0 Å². The molecule has 0 aromatic heterocycles. The molecule has 3 aromatic rings. The summed E-state index contributed by atoms with van der Waals surface area (Å²) in [5, 5.41) is 0.428. The first-order valence-corrected chi connectivity index (χ1v) is 20.8. The van der Waals surface area contributed by atoms with E-state index >= 15 is 0 Å². The van der Waals surface area contributed by atoms with E-state index in [0.717, 1.165) is 32.1 Å². The van der Waals surface area contributed by atoms with Gasteiger partial charge in [0.25, 0.3) is 0 Å². The summed E-state index contributed by atoms with van der Waals surface area (Å²) >= 11 is 4.18. The molecule has 52 heavy (non-hydrogen) atoms. The first-order chi connectivity index (χ1) is 25.8. The van der Waals surface area contributed by atoms with Crippen molar-refractivity contribution < 1.29 is 0 Å². The summed E-state index contributed by atoms with van der Waals surface area (Å²) in [6, 6.07) is 32.0. The molecule has 0 saturated heterocycles. The van der Waals surface area contributed by atoms with Gasteiger partial charge in [0.15, 0.2) is 0 Å². The van der Waals surface area contributed by atoms with Gasteiger partial charge < -0.3 is 4.90 Å². The molecule has 0 bridgehead atoms. The standard InChI is InChI=1S/C49H41NS2/c1-3-14-32(15-4-1)36-19-13-22-42-48(36)52-46-25-12-9-21-40(46)49(42)39-20-8-11-24-45(39)51-47-31-34(27-29-41(47)49)33-26-28-38-37-18-7-10-23-43(37)50(44(38)30-33)35-16-5-2-6-17-35/h1-9,11-18,20-22,25-30,34,36,38,44-45H,10,19,23-24,31H2. The molecule has 0 fully saturated rings. The zero-order valence-electron chi connectivity index (χ0n) is 29.2. The number of thioether (sulfide) groups is 2. The largest absolute Gasteiger partial charge is 0.337 e. The van der Waals surface area contributed by atoms with E-state index in [2.05, 4.69) is 175 Å². The fourth-order valence-corrected chi connectivity index (χ4v) is 13.4. The Kier molecular flexibility index (Phi) is 7.37. The van der Waals surface area contributed by atoms with Gasteiger partial charge in [-0.15, -0.1) is 11.8 Å². The number of fused-ring (bicyclic) bond motifs is 8. The highest BCUT2D eigenvalue weighted by Crippen LogP contribution is 2.66. The minimum absolute atomic E-state index is 0.286. The molecule has 0 radical (unpaired) electrons. The minimum Gasteiger partial charge on any atom is -0.337 e. The molecule has 254 valence electrons. The summed E-state index contributed by atoms with van der Waals surface area (Å²) in [5.74, 6) is 1.13. The smallest absolute Gasteiger partial charge is 0.0701 e. The number of anilines is 1. The number of hydrogen-bond donors (Lipinski definition) is 0. The number of hydrogen-bond acceptors (Lipinski definition) is 3. The van der Waals surface area contributed by atoms with E-state index in [-0.39, 0.29) is 5.41 Å². The van der Waals surface area contributed by atoms with Gasteiger partial charge in [-0.05, 0) is 94.2 Å². The molecular weight excluding hydrogens is 667 g/mol. The normalized spacial score (nSPS) is 30.8. The SMILES string of the molecule is C1=CCC2SC3=C(C=CC(C4=CC5C(C=C4)C4=C(CCC=C4)N5c4ccccc4)C3)C3(C2=C1)C1=C(Sc2ccccc23)C(c2ccccc2)CC=C1. The van der Waals surface area contributed by atoms with Crippen molar-refractivity contribution >= 4 is 29.2 Å². The van der Waals surface area contributed by atoms with Crippen LogP contribution in [-0.2, 0) is 5.41 Å². The molecule has 3 heteroatoms. The van der Waals surface area contributed by atoms with Crippen molar-refractivity contribution in [2.75, 3.05) is 4.90 Å². The van der Waals surface area contributed by atoms with Crippen LogP contribution in [0.1, 0.15) is 49.1 Å². The second-order valence-corrected chi connectivity index (χ2v) is 17.6. The molecule has 6 unspecified atom stereocenters. The molecule has 3 aliphatic heterocycles. The highest BCUT2D eigenvalue weighted by Gasteiger charge is 2.54. The average Bonchev–Trinajstić information content (AvgIpc) is 3.55. The Morgan fingerprint density at radius 2 is 1.60 bits per heavy atom. The van der Waals surface area contributed by atoms with Gasteiger partial charge in [0.05, 0.1) is 11.5 Å². The third-order valence-electron chi connectivity index (χ3n) is 12.6. The molecule has 1 nitrogen and oxygen atoms in total. The first-order valence-electron chi connectivity index (χ1n) is 19.1. The lowest BCUT2D eigenvalue weighted by Crippen LogP contribution is -2.44. The van der Waals surface area contributed by atoms with Crippen LogP contribution in [0, 0.1) is 11.8 Å². The molecule has 0 amide bonds. The number of nitrogens with zero attached hydrogens (tertiary/aromatic N) is 1. The van der Waals surface area contributed by atoms with Crippen molar-refractivity contribution in [1.82, 2.24) is 0 Å². The zero-order valence-corrected chi connectivity index (χ0v) is 30.8. The van der Waals surface area contributed by atoms with Crippen LogP contribution in [0.5, 0.6) is 0 Å². The second kappa shape index (κ2) is 12.3. The predicted molar refractivity (Wildman–Crippen MR) is 220 cm³/mol. The van der Waals surface area contributed by atoms with E-state index in [1.165, 1.54) is 54.6 Å². The van der Waals surface area contributed by atoms with E-state index in [9.17, 15) is 0 Å². The second-order valence-electron chi connectivity index (χ2n) is 15.2. The summed E-state index contributed by atoms with van der Waals surface area (Å²) in [6.07, 6.45) is 35.2. The van der Waals surface area contributed by atoms with Gasteiger partial charge in [-0.3, -0.25) is 0 Å². The molecule has 1 spiro atoms. The van der Waals surface area contributed by atoms with E-state index in [1.54, 1.807) is 10.5 Å². The average molecular weight is 708 g/mol. The molecule has 11 rings (SSSR count). The molecule has 5 aliphatic carbocycles. The summed E-state index contributed by atoms with van der Waals surface area (Å²) < 4.78 is 0. The fraction of sp³-hybridized carbons (Fsp3) is 0.224. The fourth-order valence-electron chi connectivity index (χ4n) is 10.4. The van der Waals surface area contributed by atoms with Gasteiger partial charge in [-0.1, -0.05) is 151 Å². The lowest BCUT2D eigenvalue weighted by atomic mass is 9.59. The molecular formula is C49H41NS2. The highest BCUT2D eigenvalue weighted by atomic mass is 32.2. The van der Waals surface area contributed by atoms with Crippen molar-refractivity contribution in [3.63, 3.8) is 0 Å². The van der Waals surface area contributed by atoms with E-state index < -0.39 is 0 Å². The first kappa shape index (κ1) is 31.1. The molecule has 0 N–H and O–H groups in total. The Morgan fingerprint density at radius 1 is 0.750 bits per heavy atom. The third-order valence-corrected chi connectivity index (χ3v) is 15.3. The number of rotatable bonds is 3. The van der Waals surface area contributed by atoms with Gasteiger partial charge in [-0.25, -0.2) is 0 Å². The van der Waals surface area contributed by atoms with Crippen molar-refractivity contribution in [2.24, 2.45) is 11.8 Å². The molecule has 3 aromatic carbocycles. The Bertz CT molecular complexity index is 2310. The highest BCUT2D eigenvalue weighted by molar-refractivity contribution is 8.04. The Hall–Kier alpha value is -4.44. The van der Waals surface area contributed by atoms with Crippen molar-refractivity contribution in [2.45, 2.75) is 59.6 Å². The van der Waals surface area contributed by atoms with Gasteiger partial charge in [0.1, 0.15) is 0 Å². The molecule has 6 atom stereocenters. The molecule has 8 aliphatic rings. The minimum atomic E-state index is -0.286. The maximum Gasteiger partial charge on any atom is 0.0701 e. The molecule has 3 heterocycles. The quantitative estimate of drug-likeness (QED) is 0.267. The number of para-hydroxylation sites is 1. The van der Waals surface area contributed by atoms with Crippen molar-refractivity contribution in [3.8, 4) is 0 Å². The predicted octanol–water partition coefficient (Wildman–Crippen LogP) is 12.5. The Balaban J connectivity index is 1.03. The topological polar surface area (TPSA) is 3.24 Å². The Labute approximate surface area is 316 Å². The van der Waals surface area contributed by atoms with E-state index in [0.29, 0.717) is 29.0 Å². The number of allylic oxidation sites excluding steroid dienone is 16. The Morgan fingerprint density at radius 3 is 2.50 bits per heavy atom. The number of benzene rings is 3. The van der Waals surface area contributed by atoms with Crippen LogP contribution in [-0.4, -0.2) is 11.3 Å². The van der Waals surface area contributed by atoms with Crippen LogP contribution in [0.3, 0.4) is 0 Å². The van der Waals surface area contributed by atoms with Gasteiger partial charge in [0, 0.05) is 44.2 Å². The van der Waals surface area contributed by atoms with E-state index in [1.807, 2.05) is 11.8 Å². The lowest BCUT2D eigenvalue weighted by Gasteiger charge is -2.52. The van der Waals surface area contributed by atoms with E-state index in [4.69, 9.17) is 0 Å². The van der Waals surface area contributed by atoms with Gasteiger partial charge in [0.2, 0.25) is 0 Å². The van der Waals surface area contributed by atoms with Gasteiger partial charge in [-0.2, -0.15) is 0 Å². The van der Waals surface area contributed by atoms with Crippen LogP contribution in [0.25, 0.3) is 0 Å². The van der Waals surface area contributed by atoms with Crippen LogP contribution in [0.4, 0.5) is 5.69 Å². The maximum absolute atomic E-state index is 2.66. The summed E-state index contributed by atoms with van der Waals surface area (Å²) in [5.41, 5.74) is 13.0. The van der Waals surface area contributed by atoms with Crippen molar-refractivity contribution in [3.05, 3.63) is 212 Å². The maximum atomic E-state index is 2.66. The molecule has 0 saturated carbocycles. The lowest BCUT2D eigenvalue weighted by molar-refractivity contribution is 0.612. The monoisotopic (exact) mass is 707 g/mol. The van der Waals surface area contributed by atoms with Crippen LogP contribution in [0.15, 0.2) is 206 Å². The van der Waals surface area contributed by atoms with Crippen LogP contribution in [0.2, 0.25) is 0 Å². The van der Waals surface area contributed by atoms with Crippen LogP contribution < -0.4 is 4.90 Å². The summed E-state index contributed by atoms with van der Waals surface area (Å²) in [6.45, 7) is 0. The van der Waals surface area contributed by atoms with Gasteiger partial charge >= 0.3 is 0 Å². The third kappa shape index (κ3) is 4.58. The summed E-state index contributed by atoms with van der Waals surface area (Å²) in [7, 11) is 0. The van der Waals surface area contributed by atoms with Crippen LogP contribution >= 0.6 is 23.5 Å².